The van der Waals surface area contributed by atoms with Gasteiger partial charge in [-0.25, -0.2) is 0 Å². The first-order valence-electron chi connectivity index (χ1n) is 4.02. The molecule has 1 aromatic rings. The van der Waals surface area contributed by atoms with Crippen molar-refractivity contribution in [2.75, 3.05) is 0 Å². The second kappa shape index (κ2) is 2.34. The summed E-state index contributed by atoms with van der Waals surface area (Å²) < 4.78 is 1.80. The van der Waals surface area contributed by atoms with Gasteiger partial charge in [-0.3, -0.25) is 4.68 Å². The van der Waals surface area contributed by atoms with Crippen molar-refractivity contribution in [2.24, 2.45) is 18.7 Å². The van der Waals surface area contributed by atoms with Crippen molar-refractivity contribution in [2.45, 2.75) is 18.9 Å². The molecule has 0 amide bonds. The molecular weight excluding hydrogens is 138 g/mol. The van der Waals surface area contributed by atoms with Gasteiger partial charge < -0.3 is 5.73 Å². The first-order chi connectivity index (χ1) is 5.27. The maximum Gasteiger partial charge on any atom is 0.0794 e. The Kier molecular flexibility index (Phi) is 1.46. The number of rotatable bonds is 2. The third-order valence-electron chi connectivity index (χ3n) is 2.21. The molecule has 0 spiro atoms. The number of nitrogens with zero attached hydrogens (tertiary/aromatic N) is 2. The molecule has 1 aliphatic carbocycles. The molecule has 2 rings (SSSR count). The van der Waals surface area contributed by atoms with Gasteiger partial charge in [-0.1, -0.05) is 0 Å². The van der Waals surface area contributed by atoms with Crippen molar-refractivity contribution in [1.82, 2.24) is 9.78 Å². The normalized spacial score (nSPS) is 20.2. The Morgan fingerprint density at radius 2 is 2.45 bits per heavy atom. The Morgan fingerprint density at radius 1 is 1.73 bits per heavy atom. The van der Waals surface area contributed by atoms with Gasteiger partial charge in [-0.05, 0) is 24.8 Å². The first kappa shape index (κ1) is 6.85. The van der Waals surface area contributed by atoms with Crippen LogP contribution in [0.5, 0.6) is 0 Å². The predicted octanol–water partition coefficient (Wildman–Crippen LogP) is 0.830. The van der Waals surface area contributed by atoms with E-state index in [0.29, 0.717) is 5.92 Å². The lowest BCUT2D eigenvalue weighted by Crippen LogP contribution is -2.13. The summed E-state index contributed by atoms with van der Waals surface area (Å²) in [6.45, 7) is 0. The van der Waals surface area contributed by atoms with Gasteiger partial charge in [-0.15, -0.1) is 0 Å². The summed E-state index contributed by atoms with van der Waals surface area (Å²) in [5.74, 6) is 0.699. The van der Waals surface area contributed by atoms with Crippen molar-refractivity contribution in [3.05, 3.63) is 18.0 Å². The van der Waals surface area contributed by atoms with Crippen LogP contribution in [0, 0.1) is 5.92 Å². The second-order valence-electron chi connectivity index (χ2n) is 3.28. The van der Waals surface area contributed by atoms with Gasteiger partial charge in [0.1, 0.15) is 0 Å². The van der Waals surface area contributed by atoms with E-state index in [1.54, 1.807) is 4.68 Å². The smallest absolute Gasteiger partial charge is 0.0794 e. The van der Waals surface area contributed by atoms with Crippen LogP contribution in [0.15, 0.2) is 12.3 Å². The van der Waals surface area contributed by atoms with E-state index in [4.69, 9.17) is 5.73 Å². The van der Waals surface area contributed by atoms with Gasteiger partial charge >= 0.3 is 0 Å². The fraction of sp³-hybridized carbons (Fsp3) is 0.625. The highest BCUT2D eigenvalue weighted by Crippen LogP contribution is 2.38. The Balaban J connectivity index is 2.14. The molecule has 0 aliphatic heterocycles. The van der Waals surface area contributed by atoms with Gasteiger partial charge in [-0.2, -0.15) is 5.10 Å². The molecule has 0 aromatic carbocycles. The standard InChI is InChI=1S/C8H13N3/c1-11-5-4-7(10-11)8(9)6-2-3-6/h4-6,8H,2-3,9H2,1H3. The molecular formula is C8H13N3. The molecule has 3 nitrogen and oxygen atoms in total. The van der Waals surface area contributed by atoms with Crippen LogP contribution < -0.4 is 5.73 Å². The van der Waals surface area contributed by atoms with Gasteiger partial charge in [0.25, 0.3) is 0 Å². The zero-order valence-electron chi connectivity index (χ0n) is 6.70. The van der Waals surface area contributed by atoms with E-state index in [-0.39, 0.29) is 6.04 Å². The maximum atomic E-state index is 5.94. The average Bonchev–Trinajstić information content (AvgIpc) is 2.74. The Labute approximate surface area is 66.2 Å². The molecule has 1 unspecified atom stereocenters. The maximum absolute atomic E-state index is 5.94. The van der Waals surface area contributed by atoms with E-state index in [2.05, 4.69) is 5.10 Å². The first-order valence-corrected chi connectivity index (χ1v) is 4.02. The molecule has 2 N–H and O–H groups in total. The van der Waals surface area contributed by atoms with E-state index >= 15 is 0 Å². The van der Waals surface area contributed by atoms with Crippen LogP contribution in [0.1, 0.15) is 24.6 Å². The number of aromatic nitrogens is 2. The highest BCUT2D eigenvalue weighted by molar-refractivity contribution is 5.08. The molecule has 1 fully saturated rings. The third-order valence-corrected chi connectivity index (χ3v) is 2.21. The lowest BCUT2D eigenvalue weighted by molar-refractivity contribution is 0.596. The minimum Gasteiger partial charge on any atom is -0.322 e. The van der Waals surface area contributed by atoms with E-state index in [9.17, 15) is 0 Å². The van der Waals surface area contributed by atoms with Crippen molar-refractivity contribution in [1.29, 1.82) is 0 Å². The van der Waals surface area contributed by atoms with Crippen molar-refractivity contribution in [3.63, 3.8) is 0 Å². The fourth-order valence-corrected chi connectivity index (χ4v) is 1.31. The zero-order valence-corrected chi connectivity index (χ0v) is 6.70. The number of aryl methyl sites for hydroxylation is 1. The molecule has 1 aromatic heterocycles. The molecule has 0 saturated heterocycles. The van der Waals surface area contributed by atoms with Crippen LogP contribution in [-0.4, -0.2) is 9.78 Å². The quantitative estimate of drug-likeness (QED) is 0.680. The predicted molar refractivity (Wildman–Crippen MR) is 42.9 cm³/mol. The number of hydrogen-bond acceptors (Lipinski definition) is 2. The van der Waals surface area contributed by atoms with Crippen molar-refractivity contribution >= 4 is 0 Å². The minimum atomic E-state index is 0.177. The molecule has 1 atom stereocenters. The van der Waals surface area contributed by atoms with Crippen molar-refractivity contribution < 1.29 is 0 Å². The summed E-state index contributed by atoms with van der Waals surface area (Å²) in [7, 11) is 1.92. The summed E-state index contributed by atoms with van der Waals surface area (Å²) >= 11 is 0. The molecule has 60 valence electrons. The highest BCUT2D eigenvalue weighted by Gasteiger charge is 2.30. The topological polar surface area (TPSA) is 43.8 Å². The van der Waals surface area contributed by atoms with Crippen LogP contribution >= 0.6 is 0 Å². The van der Waals surface area contributed by atoms with Gasteiger partial charge in [0.05, 0.1) is 11.7 Å². The van der Waals surface area contributed by atoms with Crippen LogP contribution in [0.2, 0.25) is 0 Å². The van der Waals surface area contributed by atoms with E-state index in [1.165, 1.54) is 12.8 Å². The molecule has 0 bridgehead atoms. The van der Waals surface area contributed by atoms with Gasteiger partial charge in [0, 0.05) is 13.2 Å². The SMILES string of the molecule is Cn1ccc(C(N)C2CC2)n1. The minimum absolute atomic E-state index is 0.177. The molecule has 1 heterocycles. The third kappa shape index (κ3) is 1.28. The molecule has 1 saturated carbocycles. The lowest BCUT2D eigenvalue weighted by atomic mass is 10.1. The summed E-state index contributed by atoms with van der Waals surface area (Å²) in [5.41, 5.74) is 6.97. The Bertz CT molecular complexity index is 250. The van der Waals surface area contributed by atoms with Crippen LogP contribution in [0.3, 0.4) is 0 Å². The van der Waals surface area contributed by atoms with E-state index < -0.39 is 0 Å². The monoisotopic (exact) mass is 151 g/mol. The summed E-state index contributed by atoms with van der Waals surface area (Å²) in [6.07, 6.45) is 4.49. The van der Waals surface area contributed by atoms with Crippen LogP contribution in [0.4, 0.5) is 0 Å². The summed E-state index contributed by atoms with van der Waals surface area (Å²) in [6, 6.07) is 2.18. The van der Waals surface area contributed by atoms with E-state index in [0.717, 1.165) is 5.69 Å². The van der Waals surface area contributed by atoms with Gasteiger partial charge in [0.15, 0.2) is 0 Å². The largest absolute Gasteiger partial charge is 0.322 e. The van der Waals surface area contributed by atoms with E-state index in [1.807, 2.05) is 19.3 Å². The number of hydrogen-bond donors (Lipinski definition) is 1. The average molecular weight is 151 g/mol. The molecule has 3 heteroatoms. The zero-order chi connectivity index (χ0) is 7.84. The Morgan fingerprint density at radius 3 is 2.91 bits per heavy atom. The summed E-state index contributed by atoms with van der Waals surface area (Å²) in [4.78, 5) is 0. The van der Waals surface area contributed by atoms with Crippen molar-refractivity contribution in [3.8, 4) is 0 Å². The molecule has 11 heavy (non-hydrogen) atoms. The van der Waals surface area contributed by atoms with Crippen LogP contribution in [0.25, 0.3) is 0 Å². The second-order valence-corrected chi connectivity index (χ2v) is 3.28. The fourth-order valence-electron chi connectivity index (χ4n) is 1.31. The highest BCUT2D eigenvalue weighted by atomic mass is 15.3. The number of nitrogens with two attached hydrogens (primary N) is 1. The van der Waals surface area contributed by atoms with Gasteiger partial charge in [0.2, 0.25) is 0 Å². The Hall–Kier alpha value is -0.830. The van der Waals surface area contributed by atoms with Crippen LogP contribution in [-0.2, 0) is 7.05 Å². The lowest BCUT2D eigenvalue weighted by Gasteiger charge is -2.04. The molecule has 0 radical (unpaired) electrons. The summed E-state index contributed by atoms with van der Waals surface area (Å²) in [5, 5.41) is 4.26. The molecule has 1 aliphatic rings.